The van der Waals surface area contributed by atoms with E-state index in [2.05, 4.69) is 27.4 Å². The highest BCUT2D eigenvalue weighted by Gasteiger charge is 2.14. The van der Waals surface area contributed by atoms with E-state index in [9.17, 15) is 0 Å². The molecule has 2 aromatic rings. The van der Waals surface area contributed by atoms with Crippen LogP contribution in [0.3, 0.4) is 0 Å². The monoisotopic (exact) mass is 256 g/mol. The van der Waals surface area contributed by atoms with Crippen molar-refractivity contribution in [2.45, 2.75) is 25.9 Å². The summed E-state index contributed by atoms with van der Waals surface area (Å²) in [5, 5.41) is 10.1. The van der Waals surface area contributed by atoms with Crippen LogP contribution in [0.5, 0.6) is 0 Å². The summed E-state index contributed by atoms with van der Waals surface area (Å²) in [5.74, 6) is 0.842. The van der Waals surface area contributed by atoms with Gasteiger partial charge in [0, 0.05) is 10.9 Å². The van der Waals surface area contributed by atoms with E-state index in [0.717, 1.165) is 10.2 Å². The van der Waals surface area contributed by atoms with Crippen molar-refractivity contribution in [2.75, 3.05) is 0 Å². The van der Waals surface area contributed by atoms with Crippen LogP contribution in [0, 0.1) is 0 Å². The van der Waals surface area contributed by atoms with Crippen molar-refractivity contribution in [2.24, 2.45) is 0 Å². The molecular weight excluding hydrogens is 244 g/mol. The molecule has 86 valence electrons. The van der Waals surface area contributed by atoms with E-state index >= 15 is 0 Å². The Morgan fingerprint density at radius 2 is 2.19 bits per heavy atom. The second-order valence-corrected chi connectivity index (χ2v) is 5.37. The summed E-state index contributed by atoms with van der Waals surface area (Å²) in [6, 6.07) is 4.34. The highest BCUT2D eigenvalue weighted by molar-refractivity contribution is 7.16. The number of nitrogens with zero attached hydrogens (tertiary/aromatic N) is 2. The fourth-order valence-electron chi connectivity index (χ4n) is 1.52. The van der Waals surface area contributed by atoms with Gasteiger partial charge in [0.2, 0.25) is 0 Å². The van der Waals surface area contributed by atoms with Crippen LogP contribution in [0.15, 0.2) is 18.5 Å². The number of aromatic nitrogens is 3. The maximum absolute atomic E-state index is 5.90. The van der Waals surface area contributed by atoms with E-state index in [4.69, 9.17) is 11.6 Å². The van der Waals surface area contributed by atoms with Crippen molar-refractivity contribution in [3.63, 3.8) is 0 Å². The lowest BCUT2D eigenvalue weighted by atomic mass is 10.2. The zero-order valence-electron chi connectivity index (χ0n) is 9.07. The molecule has 2 rings (SSSR count). The first-order valence-corrected chi connectivity index (χ1v) is 6.23. The Morgan fingerprint density at radius 1 is 1.38 bits per heavy atom. The van der Waals surface area contributed by atoms with E-state index in [0.29, 0.717) is 0 Å². The fourth-order valence-corrected chi connectivity index (χ4v) is 2.59. The molecule has 0 radical (unpaired) electrons. The molecule has 0 spiro atoms. The topological polar surface area (TPSA) is 53.6 Å². The number of aromatic amines is 1. The Hall–Kier alpha value is -0.910. The third-order valence-corrected chi connectivity index (χ3v) is 3.78. The summed E-state index contributed by atoms with van der Waals surface area (Å²) in [6.07, 6.45) is 1.51. The van der Waals surface area contributed by atoms with Gasteiger partial charge in [-0.2, -0.15) is 5.10 Å². The van der Waals surface area contributed by atoms with Crippen LogP contribution in [-0.2, 0) is 0 Å². The van der Waals surface area contributed by atoms with Crippen LogP contribution in [0.4, 0.5) is 0 Å². The van der Waals surface area contributed by atoms with Crippen LogP contribution < -0.4 is 5.32 Å². The van der Waals surface area contributed by atoms with Gasteiger partial charge >= 0.3 is 0 Å². The molecule has 0 aliphatic carbocycles. The minimum absolute atomic E-state index is 0.137. The minimum atomic E-state index is 0.137. The standard InChI is InChI=1S/C10H13ClN4S/c1-6(8-3-4-9(11)16-8)14-7(2)10-12-5-13-15-10/h3-7,14H,1-2H3,(H,12,13,15). The summed E-state index contributed by atoms with van der Waals surface area (Å²) < 4.78 is 0.816. The van der Waals surface area contributed by atoms with Gasteiger partial charge in [-0.1, -0.05) is 11.6 Å². The van der Waals surface area contributed by atoms with E-state index in [1.165, 1.54) is 11.2 Å². The highest BCUT2D eigenvalue weighted by Crippen LogP contribution is 2.27. The molecule has 0 aliphatic rings. The second kappa shape index (κ2) is 4.95. The number of hydrogen-bond donors (Lipinski definition) is 2. The molecule has 2 heterocycles. The largest absolute Gasteiger partial charge is 0.300 e. The number of thiophene rings is 1. The lowest BCUT2D eigenvalue weighted by Crippen LogP contribution is -2.22. The smallest absolute Gasteiger partial charge is 0.141 e. The summed E-state index contributed by atoms with van der Waals surface area (Å²) in [5.41, 5.74) is 0. The molecule has 2 unspecified atom stereocenters. The van der Waals surface area contributed by atoms with Crippen LogP contribution in [-0.4, -0.2) is 15.2 Å². The molecule has 16 heavy (non-hydrogen) atoms. The van der Waals surface area contributed by atoms with E-state index in [-0.39, 0.29) is 12.1 Å². The molecule has 0 saturated carbocycles. The number of halogens is 1. The van der Waals surface area contributed by atoms with Gasteiger partial charge in [0.05, 0.1) is 10.4 Å². The predicted octanol–water partition coefficient (Wildman–Crippen LogP) is 2.93. The number of H-pyrrole nitrogens is 1. The Labute approximate surface area is 103 Å². The normalized spacial score (nSPS) is 14.9. The van der Waals surface area contributed by atoms with Gasteiger partial charge < -0.3 is 5.32 Å². The van der Waals surface area contributed by atoms with Crippen LogP contribution in [0.1, 0.15) is 36.6 Å². The first-order chi connectivity index (χ1) is 7.66. The molecule has 0 bridgehead atoms. The first kappa shape index (κ1) is 11.6. The molecule has 2 N–H and O–H groups in total. The molecular formula is C10H13ClN4S. The van der Waals surface area contributed by atoms with Gasteiger partial charge in [0.25, 0.3) is 0 Å². The highest BCUT2D eigenvalue weighted by atomic mass is 35.5. The first-order valence-electron chi connectivity index (χ1n) is 5.03. The van der Waals surface area contributed by atoms with Crippen molar-refractivity contribution in [3.05, 3.63) is 33.5 Å². The number of nitrogens with one attached hydrogen (secondary N) is 2. The van der Waals surface area contributed by atoms with Crippen molar-refractivity contribution in [3.8, 4) is 0 Å². The Balaban J connectivity index is 2.00. The van der Waals surface area contributed by atoms with Crippen molar-refractivity contribution >= 4 is 22.9 Å². The van der Waals surface area contributed by atoms with Crippen molar-refractivity contribution < 1.29 is 0 Å². The Morgan fingerprint density at radius 3 is 2.75 bits per heavy atom. The molecule has 0 saturated heterocycles. The molecule has 6 heteroatoms. The van der Waals surface area contributed by atoms with Gasteiger partial charge in [-0.3, -0.25) is 5.10 Å². The summed E-state index contributed by atoms with van der Waals surface area (Å²) in [7, 11) is 0. The van der Waals surface area contributed by atoms with E-state index < -0.39 is 0 Å². The minimum Gasteiger partial charge on any atom is -0.300 e. The summed E-state index contributed by atoms with van der Waals surface area (Å²) in [4.78, 5) is 5.34. The quantitative estimate of drug-likeness (QED) is 0.884. The summed E-state index contributed by atoms with van der Waals surface area (Å²) >= 11 is 7.49. The number of rotatable bonds is 4. The van der Waals surface area contributed by atoms with Crippen LogP contribution in [0.25, 0.3) is 0 Å². The average molecular weight is 257 g/mol. The SMILES string of the molecule is CC(NC(C)c1ccc(Cl)s1)c1ncn[nH]1. The maximum atomic E-state index is 5.90. The van der Waals surface area contributed by atoms with Crippen LogP contribution >= 0.6 is 22.9 Å². The molecule has 0 aliphatic heterocycles. The van der Waals surface area contributed by atoms with Gasteiger partial charge in [-0.25, -0.2) is 4.98 Å². The Bertz CT molecular complexity index is 439. The van der Waals surface area contributed by atoms with Crippen LogP contribution in [0.2, 0.25) is 4.34 Å². The van der Waals surface area contributed by atoms with Crippen molar-refractivity contribution in [1.82, 2.24) is 20.5 Å². The third kappa shape index (κ3) is 2.61. The van der Waals surface area contributed by atoms with E-state index in [1.807, 2.05) is 19.1 Å². The lowest BCUT2D eigenvalue weighted by Gasteiger charge is -2.16. The fraction of sp³-hybridized carbons (Fsp3) is 0.400. The molecule has 4 nitrogen and oxygen atoms in total. The molecule has 2 aromatic heterocycles. The number of hydrogen-bond acceptors (Lipinski definition) is 4. The zero-order valence-corrected chi connectivity index (χ0v) is 10.6. The molecule has 0 amide bonds. The second-order valence-electron chi connectivity index (χ2n) is 3.62. The van der Waals surface area contributed by atoms with Gasteiger partial charge in [-0.15, -0.1) is 11.3 Å². The molecule has 0 fully saturated rings. The van der Waals surface area contributed by atoms with Gasteiger partial charge in [-0.05, 0) is 26.0 Å². The van der Waals surface area contributed by atoms with Gasteiger partial charge in [0.1, 0.15) is 12.2 Å². The third-order valence-electron chi connectivity index (χ3n) is 2.36. The average Bonchev–Trinajstić information content (AvgIpc) is 2.87. The molecule has 2 atom stereocenters. The van der Waals surface area contributed by atoms with Crippen molar-refractivity contribution in [1.29, 1.82) is 0 Å². The predicted molar refractivity (Wildman–Crippen MR) is 65.7 cm³/mol. The van der Waals surface area contributed by atoms with Gasteiger partial charge in [0.15, 0.2) is 0 Å². The molecule has 0 aromatic carbocycles. The lowest BCUT2D eigenvalue weighted by molar-refractivity contribution is 0.482. The zero-order chi connectivity index (χ0) is 11.5. The maximum Gasteiger partial charge on any atom is 0.141 e. The van der Waals surface area contributed by atoms with E-state index in [1.54, 1.807) is 11.3 Å². The summed E-state index contributed by atoms with van der Waals surface area (Å²) in [6.45, 7) is 4.15. The Kier molecular flexibility index (Phi) is 3.58.